The number of hydrogen-bond acceptors (Lipinski definition) is 3. The summed E-state index contributed by atoms with van der Waals surface area (Å²) in [6.45, 7) is 11.6. The number of anilines is 1. The summed E-state index contributed by atoms with van der Waals surface area (Å²) in [6, 6.07) is 7.61. The zero-order valence-corrected chi connectivity index (χ0v) is 16.4. The van der Waals surface area contributed by atoms with Crippen LogP contribution in [0.4, 0.5) is 5.69 Å². The van der Waals surface area contributed by atoms with Crippen molar-refractivity contribution in [2.45, 2.75) is 48.0 Å². The van der Waals surface area contributed by atoms with Crippen LogP contribution in [0, 0.1) is 34.6 Å². The van der Waals surface area contributed by atoms with Gasteiger partial charge in [0.1, 0.15) is 0 Å². The maximum Gasteiger partial charge on any atom is 0.339 e. The third kappa shape index (κ3) is 3.96. The minimum absolute atomic E-state index is 0.304. The van der Waals surface area contributed by atoms with Crippen LogP contribution < -0.4 is 5.32 Å². The zero-order chi connectivity index (χ0) is 19.4. The van der Waals surface area contributed by atoms with Crippen molar-refractivity contribution >= 4 is 17.6 Å². The Bertz CT molecular complexity index is 824. The Morgan fingerprint density at radius 2 is 1.42 bits per heavy atom. The highest BCUT2D eigenvalue weighted by Gasteiger charge is 2.20. The van der Waals surface area contributed by atoms with Gasteiger partial charge in [0.15, 0.2) is 6.61 Å². The van der Waals surface area contributed by atoms with Gasteiger partial charge in [-0.15, -0.1) is 0 Å². The molecular formula is C22H27NO3. The van der Waals surface area contributed by atoms with E-state index in [1.807, 2.05) is 58.9 Å². The van der Waals surface area contributed by atoms with Crippen LogP contribution in [0.25, 0.3) is 0 Å². The molecular weight excluding hydrogens is 326 g/mol. The summed E-state index contributed by atoms with van der Waals surface area (Å²) in [4.78, 5) is 24.8. The first-order valence-electron chi connectivity index (χ1n) is 8.89. The fraction of sp³-hybridized carbons (Fsp3) is 0.364. The van der Waals surface area contributed by atoms with Gasteiger partial charge in [-0.3, -0.25) is 4.79 Å². The first-order valence-corrected chi connectivity index (χ1v) is 8.89. The average Bonchev–Trinajstić information content (AvgIpc) is 2.63. The second-order valence-corrected chi connectivity index (χ2v) is 6.64. The molecule has 0 aliphatic carbocycles. The Morgan fingerprint density at radius 1 is 0.885 bits per heavy atom. The Morgan fingerprint density at radius 3 is 2.00 bits per heavy atom. The maximum atomic E-state index is 12.6. The molecule has 4 heteroatoms. The van der Waals surface area contributed by atoms with Gasteiger partial charge in [-0.2, -0.15) is 0 Å². The third-order valence-corrected chi connectivity index (χ3v) is 5.21. The van der Waals surface area contributed by atoms with Crippen molar-refractivity contribution in [1.82, 2.24) is 0 Å². The molecule has 2 rings (SSSR count). The van der Waals surface area contributed by atoms with Gasteiger partial charge >= 0.3 is 5.97 Å². The number of rotatable bonds is 5. The van der Waals surface area contributed by atoms with Crippen molar-refractivity contribution in [3.8, 4) is 0 Å². The van der Waals surface area contributed by atoms with E-state index < -0.39 is 5.97 Å². The van der Waals surface area contributed by atoms with E-state index in [1.165, 1.54) is 5.56 Å². The molecule has 26 heavy (non-hydrogen) atoms. The Labute approximate surface area is 155 Å². The molecule has 0 bridgehead atoms. The summed E-state index contributed by atoms with van der Waals surface area (Å²) in [5.74, 6) is -0.791. The lowest BCUT2D eigenvalue weighted by molar-refractivity contribution is -0.119. The topological polar surface area (TPSA) is 55.4 Å². The number of benzene rings is 2. The van der Waals surface area contributed by atoms with Crippen LogP contribution in [0.15, 0.2) is 24.3 Å². The number of hydrogen-bond donors (Lipinski definition) is 1. The smallest absolute Gasteiger partial charge is 0.339 e. The van der Waals surface area contributed by atoms with E-state index in [4.69, 9.17) is 4.74 Å². The molecule has 138 valence electrons. The quantitative estimate of drug-likeness (QED) is 0.800. The number of para-hydroxylation sites is 1. The average molecular weight is 353 g/mol. The first kappa shape index (κ1) is 19.7. The highest BCUT2D eigenvalue weighted by molar-refractivity contribution is 5.97. The van der Waals surface area contributed by atoms with Crippen molar-refractivity contribution < 1.29 is 14.3 Å². The number of carbonyl (C=O) groups excluding carboxylic acids is 2. The number of carbonyl (C=O) groups is 2. The largest absolute Gasteiger partial charge is 0.452 e. The van der Waals surface area contributed by atoms with Gasteiger partial charge in [-0.1, -0.05) is 25.1 Å². The Balaban J connectivity index is 2.11. The van der Waals surface area contributed by atoms with E-state index in [0.717, 1.165) is 39.9 Å². The predicted octanol–water partition coefficient (Wildman–Crippen LogP) is 4.59. The molecule has 1 N–H and O–H groups in total. The number of ether oxygens (including phenoxy) is 1. The number of nitrogens with one attached hydrogen (secondary N) is 1. The summed E-state index contributed by atoms with van der Waals surface area (Å²) >= 11 is 0. The summed E-state index contributed by atoms with van der Waals surface area (Å²) < 4.78 is 5.30. The van der Waals surface area contributed by atoms with Gasteiger partial charge in [0.05, 0.1) is 5.56 Å². The monoisotopic (exact) mass is 353 g/mol. The molecule has 0 atom stereocenters. The van der Waals surface area contributed by atoms with Crippen LogP contribution in [0.3, 0.4) is 0 Å². The van der Waals surface area contributed by atoms with Crippen LogP contribution in [0.1, 0.15) is 50.7 Å². The van der Waals surface area contributed by atoms with E-state index in [9.17, 15) is 9.59 Å². The molecule has 0 saturated carbocycles. The normalized spacial score (nSPS) is 10.5. The van der Waals surface area contributed by atoms with Gasteiger partial charge < -0.3 is 10.1 Å². The molecule has 2 aromatic rings. The minimum Gasteiger partial charge on any atom is -0.452 e. The van der Waals surface area contributed by atoms with Crippen LogP contribution in [0.5, 0.6) is 0 Å². The highest BCUT2D eigenvalue weighted by Crippen LogP contribution is 2.26. The van der Waals surface area contributed by atoms with E-state index in [0.29, 0.717) is 5.56 Å². The van der Waals surface area contributed by atoms with Crippen LogP contribution in [0.2, 0.25) is 0 Å². The Hall–Kier alpha value is -2.62. The number of esters is 1. The van der Waals surface area contributed by atoms with E-state index in [-0.39, 0.29) is 12.5 Å². The maximum absolute atomic E-state index is 12.6. The van der Waals surface area contributed by atoms with Crippen LogP contribution >= 0.6 is 0 Å². The standard InChI is InChI=1S/C22H27NO3/c1-7-18-10-8-9-11-19(18)23-20(24)12-26-22(25)21-16(5)14(3)13(2)15(4)17(21)6/h8-11H,7,12H2,1-6H3,(H,23,24). The summed E-state index contributed by atoms with van der Waals surface area (Å²) in [6.07, 6.45) is 0.816. The molecule has 0 radical (unpaired) electrons. The minimum atomic E-state index is -0.454. The third-order valence-electron chi connectivity index (χ3n) is 5.21. The lowest BCUT2D eigenvalue weighted by atomic mass is 9.90. The predicted molar refractivity (Wildman–Crippen MR) is 105 cm³/mol. The second-order valence-electron chi connectivity index (χ2n) is 6.64. The fourth-order valence-corrected chi connectivity index (χ4v) is 3.15. The number of amides is 1. The van der Waals surface area contributed by atoms with Crippen LogP contribution in [-0.2, 0) is 16.0 Å². The van der Waals surface area contributed by atoms with Gasteiger partial charge in [-0.05, 0) is 80.5 Å². The van der Waals surface area contributed by atoms with Crippen molar-refractivity contribution in [2.75, 3.05) is 11.9 Å². The molecule has 0 fully saturated rings. The molecule has 0 aliphatic rings. The highest BCUT2D eigenvalue weighted by atomic mass is 16.5. The summed E-state index contributed by atoms with van der Waals surface area (Å²) in [7, 11) is 0. The van der Waals surface area contributed by atoms with Crippen LogP contribution in [-0.4, -0.2) is 18.5 Å². The molecule has 2 aromatic carbocycles. The molecule has 0 aromatic heterocycles. The van der Waals surface area contributed by atoms with Gasteiger partial charge in [-0.25, -0.2) is 4.79 Å². The molecule has 0 unspecified atom stereocenters. The first-order chi connectivity index (χ1) is 12.3. The Kier molecular flexibility index (Phi) is 6.19. The van der Waals surface area contributed by atoms with Crippen molar-refractivity contribution in [3.63, 3.8) is 0 Å². The lowest BCUT2D eigenvalue weighted by Gasteiger charge is -2.17. The molecule has 4 nitrogen and oxygen atoms in total. The van der Waals surface area contributed by atoms with Crippen molar-refractivity contribution in [2.24, 2.45) is 0 Å². The summed E-state index contributed by atoms with van der Waals surface area (Å²) in [5, 5.41) is 2.81. The molecule has 0 spiro atoms. The van der Waals surface area contributed by atoms with E-state index in [1.54, 1.807) is 0 Å². The molecule has 0 saturated heterocycles. The van der Waals surface area contributed by atoms with E-state index >= 15 is 0 Å². The molecule has 1 amide bonds. The summed E-state index contributed by atoms with van der Waals surface area (Å²) in [5.41, 5.74) is 7.54. The second kappa shape index (κ2) is 8.17. The lowest BCUT2D eigenvalue weighted by Crippen LogP contribution is -2.22. The van der Waals surface area contributed by atoms with Crippen molar-refractivity contribution in [1.29, 1.82) is 0 Å². The molecule has 0 aliphatic heterocycles. The van der Waals surface area contributed by atoms with Crippen molar-refractivity contribution in [3.05, 3.63) is 63.2 Å². The SMILES string of the molecule is CCc1ccccc1NC(=O)COC(=O)c1c(C)c(C)c(C)c(C)c1C. The zero-order valence-electron chi connectivity index (χ0n) is 16.4. The molecule has 0 heterocycles. The van der Waals surface area contributed by atoms with Gasteiger partial charge in [0.2, 0.25) is 0 Å². The number of aryl methyl sites for hydroxylation is 1. The fourth-order valence-electron chi connectivity index (χ4n) is 3.15. The van der Waals surface area contributed by atoms with Gasteiger partial charge in [0.25, 0.3) is 5.91 Å². The van der Waals surface area contributed by atoms with E-state index in [2.05, 4.69) is 12.2 Å². The van der Waals surface area contributed by atoms with Gasteiger partial charge in [0, 0.05) is 5.69 Å².